The fourth-order valence-electron chi connectivity index (χ4n) is 5.81. The van der Waals surface area contributed by atoms with Crippen molar-refractivity contribution in [2.24, 2.45) is 0 Å². The van der Waals surface area contributed by atoms with Crippen molar-refractivity contribution in [2.75, 3.05) is 51.6 Å². The van der Waals surface area contributed by atoms with Crippen molar-refractivity contribution >= 4 is 16.0 Å². The third kappa shape index (κ3) is 6.71. The average molecular weight is 619 g/mol. The van der Waals surface area contributed by atoms with E-state index in [4.69, 9.17) is 0 Å². The lowest BCUT2D eigenvalue weighted by atomic mass is 10.1. The second-order valence-corrected chi connectivity index (χ2v) is 14.1. The molecular weight excluding hydrogens is 581 g/mol. The Morgan fingerprint density at radius 3 is 2.37 bits per heavy atom. The van der Waals surface area contributed by atoms with Crippen LogP contribution in [0, 0.1) is 6.92 Å². The lowest BCUT2D eigenvalue weighted by Crippen LogP contribution is -2.43. The standard InChI is InChI=1S/C29H37F3N8O2S/c1-20-15-21(18-38-13-11-37(2)12-14-38)3-6-26(20)40-19-22(16-34-40)27-25(29(30,31)32)17-33-28(36-27)35-23-7-9-39(10-8-23)43(41,42)24-4-5-24/h3,6,15-17,19,23-24H,4-5,7-14,18H2,1-2H3,(H,33,35,36). The van der Waals surface area contributed by atoms with Gasteiger partial charge in [-0.05, 0) is 56.8 Å². The Labute approximate surface area is 250 Å². The smallest absolute Gasteiger partial charge is 0.351 e. The quantitative estimate of drug-likeness (QED) is 0.408. The molecule has 0 bridgehead atoms. The number of nitrogens with one attached hydrogen (secondary N) is 1. The van der Waals surface area contributed by atoms with Gasteiger partial charge in [-0.25, -0.2) is 27.4 Å². The zero-order valence-electron chi connectivity index (χ0n) is 24.4. The second-order valence-electron chi connectivity index (χ2n) is 11.9. The molecule has 14 heteroatoms. The van der Waals surface area contributed by atoms with Crippen molar-refractivity contribution < 1.29 is 21.6 Å². The van der Waals surface area contributed by atoms with E-state index in [1.807, 2.05) is 19.1 Å². The average Bonchev–Trinajstić information content (AvgIpc) is 3.73. The van der Waals surface area contributed by atoms with Crippen molar-refractivity contribution in [1.29, 1.82) is 0 Å². The van der Waals surface area contributed by atoms with Crippen LogP contribution in [0.3, 0.4) is 0 Å². The van der Waals surface area contributed by atoms with Crippen molar-refractivity contribution in [3.63, 3.8) is 0 Å². The van der Waals surface area contributed by atoms with E-state index in [1.54, 1.807) is 10.9 Å². The van der Waals surface area contributed by atoms with Gasteiger partial charge in [0.2, 0.25) is 16.0 Å². The normalized spacial score (nSPS) is 20.0. The molecule has 4 heterocycles. The minimum Gasteiger partial charge on any atom is -0.351 e. The van der Waals surface area contributed by atoms with Gasteiger partial charge in [-0.15, -0.1) is 0 Å². The van der Waals surface area contributed by atoms with Crippen LogP contribution in [0.4, 0.5) is 19.1 Å². The van der Waals surface area contributed by atoms with Crippen LogP contribution in [-0.4, -0.2) is 99.9 Å². The van der Waals surface area contributed by atoms with Gasteiger partial charge < -0.3 is 10.2 Å². The number of benzene rings is 1. The molecule has 1 aromatic carbocycles. The van der Waals surface area contributed by atoms with Crippen molar-refractivity contribution in [3.05, 3.63) is 53.5 Å². The number of alkyl halides is 3. The highest BCUT2D eigenvalue weighted by atomic mass is 32.2. The maximum atomic E-state index is 14.0. The third-order valence-corrected chi connectivity index (χ3v) is 11.0. The number of hydrogen-bond donors (Lipinski definition) is 1. The van der Waals surface area contributed by atoms with E-state index in [2.05, 4.69) is 43.3 Å². The van der Waals surface area contributed by atoms with E-state index in [9.17, 15) is 21.6 Å². The Hall–Kier alpha value is -3.07. The lowest BCUT2D eigenvalue weighted by molar-refractivity contribution is -0.137. The Bertz CT molecular complexity index is 1560. The fourth-order valence-corrected chi connectivity index (χ4v) is 7.68. The van der Waals surface area contributed by atoms with Crippen LogP contribution in [0.25, 0.3) is 16.9 Å². The second kappa shape index (κ2) is 11.8. The van der Waals surface area contributed by atoms with Gasteiger partial charge in [0.15, 0.2) is 0 Å². The molecule has 0 unspecified atom stereocenters. The highest BCUT2D eigenvalue weighted by Gasteiger charge is 2.41. The number of likely N-dealkylation sites (N-methyl/N-ethyl adjacent to an activating group) is 1. The Kier molecular flexibility index (Phi) is 8.22. The van der Waals surface area contributed by atoms with Crippen LogP contribution in [0.5, 0.6) is 0 Å². The van der Waals surface area contributed by atoms with Crippen molar-refractivity contribution in [3.8, 4) is 16.9 Å². The van der Waals surface area contributed by atoms with Gasteiger partial charge in [0.1, 0.15) is 5.56 Å². The van der Waals surface area contributed by atoms with E-state index in [1.165, 1.54) is 16.1 Å². The molecule has 43 heavy (non-hydrogen) atoms. The van der Waals surface area contributed by atoms with Crippen molar-refractivity contribution in [1.82, 2.24) is 33.9 Å². The summed E-state index contributed by atoms with van der Waals surface area (Å²) in [7, 11) is -1.12. The third-order valence-electron chi connectivity index (χ3n) is 8.55. The largest absolute Gasteiger partial charge is 0.419 e. The Morgan fingerprint density at radius 2 is 1.72 bits per heavy atom. The molecule has 1 aliphatic carbocycles. The number of anilines is 1. The molecule has 0 amide bonds. The van der Waals surface area contributed by atoms with E-state index < -0.39 is 21.8 Å². The summed E-state index contributed by atoms with van der Waals surface area (Å²) in [5.74, 6) is 0.0729. The minimum absolute atomic E-state index is 0.0729. The van der Waals surface area contributed by atoms with Gasteiger partial charge in [0.25, 0.3) is 0 Å². The van der Waals surface area contributed by atoms with E-state index in [-0.39, 0.29) is 28.5 Å². The molecule has 0 radical (unpaired) electrons. The summed E-state index contributed by atoms with van der Waals surface area (Å²) in [5, 5.41) is 7.26. The monoisotopic (exact) mass is 618 g/mol. The van der Waals surface area contributed by atoms with Gasteiger partial charge in [-0.3, -0.25) is 4.90 Å². The molecule has 0 spiro atoms. The minimum atomic E-state index is -4.65. The molecule has 0 atom stereocenters. The summed E-state index contributed by atoms with van der Waals surface area (Å²) in [6, 6.07) is 5.94. The summed E-state index contributed by atoms with van der Waals surface area (Å²) < 4.78 is 70.2. The van der Waals surface area contributed by atoms with E-state index in [0.717, 1.165) is 50.2 Å². The highest BCUT2D eigenvalue weighted by Crippen LogP contribution is 2.37. The SMILES string of the molecule is Cc1cc(CN2CCN(C)CC2)ccc1-n1cc(-c2nc(NC3CCN(S(=O)(=O)C4CC4)CC3)ncc2C(F)(F)F)cn1. The number of rotatable bonds is 8. The van der Waals surface area contributed by atoms with Crippen LogP contribution in [0.2, 0.25) is 0 Å². The molecule has 1 N–H and O–H groups in total. The van der Waals surface area contributed by atoms with Crippen LogP contribution >= 0.6 is 0 Å². The van der Waals surface area contributed by atoms with Gasteiger partial charge >= 0.3 is 6.18 Å². The molecule has 3 aromatic rings. The lowest BCUT2D eigenvalue weighted by Gasteiger charge is -2.32. The molecule has 1 saturated carbocycles. The number of nitrogens with zero attached hydrogens (tertiary/aromatic N) is 7. The zero-order valence-corrected chi connectivity index (χ0v) is 25.2. The zero-order chi connectivity index (χ0) is 30.4. The summed E-state index contributed by atoms with van der Waals surface area (Å²) in [4.78, 5) is 13.0. The first-order valence-electron chi connectivity index (χ1n) is 14.7. The number of hydrogen-bond acceptors (Lipinski definition) is 8. The number of sulfonamides is 1. The van der Waals surface area contributed by atoms with Crippen LogP contribution in [0.15, 0.2) is 36.8 Å². The van der Waals surface area contributed by atoms with Gasteiger partial charge in [-0.2, -0.15) is 18.3 Å². The summed E-state index contributed by atoms with van der Waals surface area (Å²) >= 11 is 0. The number of halogens is 3. The predicted molar refractivity (Wildman–Crippen MR) is 157 cm³/mol. The summed E-state index contributed by atoms with van der Waals surface area (Å²) in [6.45, 7) is 7.65. The molecule has 2 saturated heterocycles. The molecule has 10 nitrogen and oxygen atoms in total. The van der Waals surface area contributed by atoms with Crippen LogP contribution in [0.1, 0.15) is 42.4 Å². The molecule has 3 aliphatic rings. The molecule has 6 rings (SSSR count). The van der Waals surface area contributed by atoms with Gasteiger partial charge in [-0.1, -0.05) is 12.1 Å². The number of aryl methyl sites for hydroxylation is 1. The molecular formula is C29H37F3N8O2S. The molecule has 2 aromatic heterocycles. The maximum Gasteiger partial charge on any atom is 0.419 e. The first-order chi connectivity index (χ1) is 20.5. The van der Waals surface area contributed by atoms with Crippen molar-refractivity contribution in [2.45, 2.75) is 56.6 Å². The summed E-state index contributed by atoms with van der Waals surface area (Å²) in [6.07, 6.45) is 1.56. The number of aromatic nitrogens is 4. The number of piperazine rings is 1. The molecule has 3 fully saturated rings. The number of piperidine rings is 1. The van der Waals surface area contributed by atoms with E-state index in [0.29, 0.717) is 38.8 Å². The van der Waals surface area contributed by atoms with E-state index >= 15 is 0 Å². The highest BCUT2D eigenvalue weighted by molar-refractivity contribution is 7.90. The molecule has 2 aliphatic heterocycles. The fraction of sp³-hybridized carbons (Fsp3) is 0.552. The topological polar surface area (TPSA) is 99.5 Å². The first kappa shape index (κ1) is 30.0. The Morgan fingerprint density at radius 1 is 1.00 bits per heavy atom. The first-order valence-corrected chi connectivity index (χ1v) is 16.2. The summed E-state index contributed by atoms with van der Waals surface area (Å²) in [5.41, 5.74) is 1.96. The predicted octanol–water partition coefficient (Wildman–Crippen LogP) is 3.77. The molecule has 232 valence electrons. The Balaban J connectivity index is 1.18. The van der Waals surface area contributed by atoms with Crippen LogP contribution < -0.4 is 5.32 Å². The maximum absolute atomic E-state index is 14.0. The van der Waals surface area contributed by atoms with Gasteiger partial charge in [0.05, 0.1) is 22.8 Å². The van der Waals surface area contributed by atoms with Gasteiger partial charge in [0, 0.05) is 69.8 Å². The van der Waals surface area contributed by atoms with Crippen LogP contribution in [-0.2, 0) is 22.7 Å².